The van der Waals surface area contributed by atoms with Gasteiger partial charge in [0.1, 0.15) is 11.5 Å². The minimum Gasteiger partial charge on any atom is -0.507 e. The fraction of sp³-hybridized carbons (Fsp3) is 0.444. The summed E-state index contributed by atoms with van der Waals surface area (Å²) in [4.78, 5) is 14.1. The van der Waals surface area contributed by atoms with E-state index in [1.165, 1.54) is 7.11 Å². The summed E-state index contributed by atoms with van der Waals surface area (Å²) in [5.41, 5.74) is 5.43. The summed E-state index contributed by atoms with van der Waals surface area (Å²) in [5.74, 6) is 0.0704. The zero-order valence-electron chi connectivity index (χ0n) is 19.7. The molecule has 3 rings (SSSR count). The Morgan fingerprint density at radius 3 is 2.53 bits per heavy atom. The number of aromatic hydroxyl groups is 2. The number of methoxy groups -OCH3 is 1. The third-order valence-corrected chi connectivity index (χ3v) is 6.16. The number of phenolic OH excluding ortho intramolecular Hbond substituents is 2. The summed E-state index contributed by atoms with van der Waals surface area (Å²) in [6.45, 7) is 10.4. The normalized spacial score (nSPS) is 13.1. The van der Waals surface area contributed by atoms with E-state index in [9.17, 15) is 15.0 Å². The van der Waals surface area contributed by atoms with Gasteiger partial charge < -0.3 is 19.8 Å². The first kappa shape index (κ1) is 23.7. The average Bonchev–Trinajstić information content (AvgIpc) is 3.58. The Balaban J connectivity index is 2.16. The van der Waals surface area contributed by atoms with Crippen molar-refractivity contribution in [2.45, 2.75) is 71.9 Å². The van der Waals surface area contributed by atoms with E-state index in [0.717, 1.165) is 66.4 Å². The van der Waals surface area contributed by atoms with Gasteiger partial charge in [0.15, 0.2) is 0 Å². The van der Waals surface area contributed by atoms with Gasteiger partial charge in [0.05, 0.1) is 19.2 Å². The van der Waals surface area contributed by atoms with E-state index in [1.54, 1.807) is 11.0 Å². The number of amides is 1. The lowest BCUT2D eigenvalue weighted by atomic mass is 9.89. The van der Waals surface area contributed by atoms with Crippen molar-refractivity contribution in [1.29, 1.82) is 0 Å². The van der Waals surface area contributed by atoms with E-state index >= 15 is 0 Å². The molecule has 0 bridgehead atoms. The van der Waals surface area contributed by atoms with Gasteiger partial charge in [-0.05, 0) is 62.3 Å². The molecule has 0 heterocycles. The molecule has 0 saturated heterocycles. The molecule has 1 aliphatic rings. The van der Waals surface area contributed by atoms with Crippen molar-refractivity contribution in [3.05, 3.63) is 53.1 Å². The minimum atomic E-state index is -0.390. The predicted molar refractivity (Wildman–Crippen MR) is 129 cm³/mol. The minimum absolute atomic E-state index is 0.0270. The van der Waals surface area contributed by atoms with Crippen LogP contribution < -0.4 is 0 Å². The highest BCUT2D eigenvalue weighted by molar-refractivity contribution is 5.87. The Bertz CT molecular complexity index is 1010. The van der Waals surface area contributed by atoms with Crippen molar-refractivity contribution in [1.82, 2.24) is 4.90 Å². The molecule has 1 amide bonds. The second-order valence-electron chi connectivity index (χ2n) is 8.87. The van der Waals surface area contributed by atoms with Gasteiger partial charge in [0.2, 0.25) is 0 Å². The second kappa shape index (κ2) is 10.1. The van der Waals surface area contributed by atoms with Crippen molar-refractivity contribution in [2.75, 3.05) is 7.11 Å². The molecule has 0 unspecified atom stereocenters. The van der Waals surface area contributed by atoms with Gasteiger partial charge in [-0.1, -0.05) is 55.7 Å². The fourth-order valence-electron chi connectivity index (χ4n) is 4.23. The number of rotatable bonds is 9. The lowest BCUT2D eigenvalue weighted by molar-refractivity contribution is 0.117. The van der Waals surface area contributed by atoms with Crippen LogP contribution in [0.3, 0.4) is 0 Å². The Hall–Kier alpha value is -2.95. The highest BCUT2D eigenvalue weighted by Crippen LogP contribution is 2.45. The van der Waals surface area contributed by atoms with E-state index in [0.29, 0.717) is 11.1 Å². The molecule has 0 spiro atoms. The number of benzene rings is 2. The van der Waals surface area contributed by atoms with E-state index in [1.807, 2.05) is 32.0 Å². The van der Waals surface area contributed by atoms with E-state index in [4.69, 9.17) is 4.74 Å². The van der Waals surface area contributed by atoms with E-state index in [-0.39, 0.29) is 30.2 Å². The zero-order valence-corrected chi connectivity index (χ0v) is 19.7. The first-order valence-corrected chi connectivity index (χ1v) is 11.5. The average molecular weight is 438 g/mol. The lowest BCUT2D eigenvalue weighted by Gasteiger charge is -2.25. The van der Waals surface area contributed by atoms with Crippen molar-refractivity contribution in [2.24, 2.45) is 0 Å². The van der Waals surface area contributed by atoms with Crippen LogP contribution >= 0.6 is 0 Å². The number of hydrogen-bond donors (Lipinski definition) is 2. The van der Waals surface area contributed by atoms with Crippen LogP contribution in [0, 0.1) is 6.92 Å². The second-order valence-corrected chi connectivity index (χ2v) is 8.87. The smallest absolute Gasteiger partial charge is 0.410 e. The van der Waals surface area contributed by atoms with Crippen LogP contribution in [0.5, 0.6) is 11.5 Å². The van der Waals surface area contributed by atoms with E-state index in [2.05, 4.69) is 13.5 Å². The van der Waals surface area contributed by atoms with Gasteiger partial charge in [-0.15, -0.1) is 0 Å². The number of ether oxygens (including phenoxy) is 1. The molecule has 5 nitrogen and oxygen atoms in total. The molecule has 2 N–H and O–H groups in total. The maximum absolute atomic E-state index is 12.5. The van der Waals surface area contributed by atoms with Crippen LogP contribution in [0.15, 0.2) is 30.8 Å². The number of hydrogen-bond acceptors (Lipinski definition) is 4. The van der Waals surface area contributed by atoms with Crippen LogP contribution in [0.1, 0.15) is 68.2 Å². The molecular formula is C27H35NO4. The van der Waals surface area contributed by atoms with Gasteiger partial charge in [0.25, 0.3) is 0 Å². The molecule has 0 radical (unpaired) electrons. The van der Waals surface area contributed by atoms with Gasteiger partial charge >= 0.3 is 6.09 Å². The van der Waals surface area contributed by atoms with Crippen molar-refractivity contribution in [3.63, 3.8) is 0 Å². The summed E-state index contributed by atoms with van der Waals surface area (Å²) >= 11 is 0. The zero-order chi connectivity index (χ0) is 23.4. The van der Waals surface area contributed by atoms with Crippen LogP contribution in [0.25, 0.3) is 16.7 Å². The van der Waals surface area contributed by atoms with E-state index < -0.39 is 0 Å². The Morgan fingerprint density at radius 1 is 1.22 bits per heavy atom. The molecule has 2 aromatic carbocycles. The molecule has 0 aromatic heterocycles. The molecule has 1 saturated carbocycles. The van der Waals surface area contributed by atoms with Gasteiger partial charge in [0, 0.05) is 11.6 Å². The Kier molecular flexibility index (Phi) is 7.49. The molecule has 5 heteroatoms. The fourth-order valence-corrected chi connectivity index (χ4v) is 4.23. The number of aryl methyl sites for hydroxylation is 2. The lowest BCUT2D eigenvalue weighted by Crippen LogP contribution is -2.32. The number of phenols is 2. The molecule has 0 aliphatic heterocycles. The van der Waals surface area contributed by atoms with Gasteiger partial charge in [-0.2, -0.15) is 0 Å². The first-order valence-electron chi connectivity index (χ1n) is 11.5. The molecule has 32 heavy (non-hydrogen) atoms. The maximum Gasteiger partial charge on any atom is 0.410 e. The SMILES string of the molecule is C=C(C)c1ccc(C)cc1-c1c(O)cc(CCCCC)c(CN(C(=O)OC)C2CC2)c1O. The van der Waals surface area contributed by atoms with Crippen LogP contribution in [-0.4, -0.2) is 34.4 Å². The summed E-state index contributed by atoms with van der Waals surface area (Å²) in [6, 6.07) is 7.80. The molecule has 2 aromatic rings. The van der Waals surface area contributed by atoms with Crippen LogP contribution in [0.4, 0.5) is 4.79 Å². The van der Waals surface area contributed by atoms with Gasteiger partial charge in [-0.3, -0.25) is 0 Å². The quantitative estimate of drug-likeness (QED) is 0.435. The predicted octanol–water partition coefficient (Wildman–Crippen LogP) is 6.57. The number of nitrogens with zero attached hydrogens (tertiary/aromatic N) is 1. The first-order chi connectivity index (χ1) is 15.3. The Labute approximate surface area is 191 Å². The van der Waals surface area contributed by atoms with Crippen molar-refractivity contribution in [3.8, 4) is 22.6 Å². The standard InChI is InChI=1S/C27H35NO4/c1-6-7-8-9-19-15-24(29)25(22-14-18(4)10-13-21(22)17(2)3)26(30)23(19)16-28(20-11-12-20)27(31)32-5/h10,13-15,20,29-30H,2,6-9,11-12,16H2,1,3-5H3. The van der Waals surface area contributed by atoms with Crippen molar-refractivity contribution < 1.29 is 19.7 Å². The van der Waals surface area contributed by atoms with Crippen LogP contribution in [0.2, 0.25) is 0 Å². The topological polar surface area (TPSA) is 70.0 Å². The summed E-state index contributed by atoms with van der Waals surface area (Å²) in [5, 5.41) is 22.5. The summed E-state index contributed by atoms with van der Waals surface area (Å²) in [7, 11) is 1.38. The maximum atomic E-state index is 12.5. The number of allylic oxidation sites excluding steroid dienone is 1. The third-order valence-electron chi connectivity index (χ3n) is 6.16. The third kappa shape index (κ3) is 5.09. The van der Waals surface area contributed by atoms with Crippen molar-refractivity contribution >= 4 is 11.7 Å². The number of unbranched alkanes of at least 4 members (excludes halogenated alkanes) is 2. The van der Waals surface area contributed by atoms with Crippen LogP contribution in [-0.2, 0) is 17.7 Å². The molecule has 0 atom stereocenters. The highest BCUT2D eigenvalue weighted by Gasteiger charge is 2.35. The van der Waals surface area contributed by atoms with Gasteiger partial charge in [-0.25, -0.2) is 4.79 Å². The molecule has 172 valence electrons. The molecular weight excluding hydrogens is 402 g/mol. The highest BCUT2D eigenvalue weighted by atomic mass is 16.5. The number of carbonyl (C=O) groups excluding carboxylic acids is 1. The monoisotopic (exact) mass is 437 g/mol. The largest absolute Gasteiger partial charge is 0.507 e. The summed E-state index contributed by atoms with van der Waals surface area (Å²) < 4.78 is 5.01. The molecule has 1 fully saturated rings. The summed E-state index contributed by atoms with van der Waals surface area (Å²) in [6.07, 6.45) is 5.29. The molecule has 1 aliphatic carbocycles. The Morgan fingerprint density at radius 2 is 1.94 bits per heavy atom. The number of carbonyl (C=O) groups is 1.